The van der Waals surface area contributed by atoms with Crippen LogP contribution in [0.2, 0.25) is 0 Å². The highest BCUT2D eigenvalue weighted by atomic mass is 19.1. The molecule has 0 aliphatic carbocycles. The molecule has 3 heteroatoms. The molecule has 1 aromatic carbocycles. The van der Waals surface area contributed by atoms with Crippen molar-refractivity contribution in [3.05, 3.63) is 29.6 Å². The van der Waals surface area contributed by atoms with Gasteiger partial charge in [0.1, 0.15) is 5.82 Å². The average molecular weight is 264 g/mol. The van der Waals surface area contributed by atoms with Gasteiger partial charge >= 0.3 is 0 Å². The summed E-state index contributed by atoms with van der Waals surface area (Å²) in [7, 11) is 0. The fraction of sp³-hybridized carbons (Fsp3) is 0.625. The van der Waals surface area contributed by atoms with Gasteiger partial charge in [0.2, 0.25) is 0 Å². The lowest BCUT2D eigenvalue weighted by Crippen LogP contribution is -2.26. The normalized spacial score (nSPS) is 18.0. The second kappa shape index (κ2) is 5.91. The van der Waals surface area contributed by atoms with Gasteiger partial charge in [0, 0.05) is 18.8 Å². The van der Waals surface area contributed by atoms with E-state index in [2.05, 4.69) is 24.8 Å². The Bertz CT molecular complexity index is 427. The number of nitrogens with zero attached hydrogens (tertiary/aromatic N) is 1. The predicted octanol–water partition coefficient (Wildman–Crippen LogP) is 3.34. The van der Waals surface area contributed by atoms with Gasteiger partial charge in [0.05, 0.1) is 0 Å². The Kier molecular flexibility index (Phi) is 4.46. The van der Waals surface area contributed by atoms with Crippen molar-refractivity contribution in [1.29, 1.82) is 0 Å². The van der Waals surface area contributed by atoms with Crippen LogP contribution in [0.25, 0.3) is 0 Å². The lowest BCUT2D eigenvalue weighted by atomic mass is 9.82. The van der Waals surface area contributed by atoms with E-state index in [1.165, 1.54) is 19.3 Å². The molecule has 0 unspecified atom stereocenters. The van der Waals surface area contributed by atoms with Gasteiger partial charge in [-0.2, -0.15) is 0 Å². The molecule has 2 N–H and O–H groups in total. The van der Waals surface area contributed by atoms with E-state index in [-0.39, 0.29) is 5.82 Å². The third-order valence-electron chi connectivity index (χ3n) is 4.68. The van der Waals surface area contributed by atoms with Crippen molar-refractivity contribution in [3.8, 4) is 0 Å². The number of benzene rings is 1. The van der Waals surface area contributed by atoms with Crippen LogP contribution in [0.15, 0.2) is 18.2 Å². The zero-order chi connectivity index (χ0) is 13.9. The summed E-state index contributed by atoms with van der Waals surface area (Å²) in [6.07, 6.45) is 4.35. The zero-order valence-corrected chi connectivity index (χ0v) is 12.1. The Morgan fingerprint density at radius 2 is 2.00 bits per heavy atom. The van der Waals surface area contributed by atoms with Crippen LogP contribution >= 0.6 is 0 Å². The largest absolute Gasteiger partial charge is 0.371 e. The fourth-order valence-corrected chi connectivity index (χ4v) is 3.11. The molecular weight excluding hydrogens is 239 g/mol. The quantitative estimate of drug-likeness (QED) is 0.883. The fourth-order valence-electron chi connectivity index (χ4n) is 3.11. The smallest absolute Gasteiger partial charge is 0.125 e. The first-order valence-electron chi connectivity index (χ1n) is 7.37. The van der Waals surface area contributed by atoms with Crippen LogP contribution in [0.4, 0.5) is 10.1 Å². The van der Waals surface area contributed by atoms with E-state index in [9.17, 15) is 4.39 Å². The van der Waals surface area contributed by atoms with Crippen LogP contribution in [0.5, 0.6) is 0 Å². The summed E-state index contributed by atoms with van der Waals surface area (Å²) in [6.45, 7) is 7.17. The van der Waals surface area contributed by atoms with E-state index < -0.39 is 0 Å². The Hall–Kier alpha value is -1.09. The molecule has 19 heavy (non-hydrogen) atoms. The third-order valence-corrected chi connectivity index (χ3v) is 4.68. The van der Waals surface area contributed by atoms with E-state index in [0.717, 1.165) is 30.8 Å². The number of rotatable bonds is 5. The van der Waals surface area contributed by atoms with Crippen molar-refractivity contribution >= 4 is 5.69 Å². The minimum absolute atomic E-state index is 0.147. The van der Waals surface area contributed by atoms with Gasteiger partial charge in [-0.3, -0.25) is 0 Å². The highest BCUT2D eigenvalue weighted by Crippen LogP contribution is 2.39. The first kappa shape index (κ1) is 14.3. The Morgan fingerprint density at radius 1 is 1.26 bits per heavy atom. The summed E-state index contributed by atoms with van der Waals surface area (Å²) < 4.78 is 13.7. The molecule has 0 aromatic heterocycles. The molecule has 1 saturated heterocycles. The van der Waals surface area contributed by atoms with E-state index in [0.29, 0.717) is 12.0 Å². The molecule has 0 amide bonds. The van der Waals surface area contributed by atoms with Crippen molar-refractivity contribution in [2.75, 3.05) is 24.5 Å². The van der Waals surface area contributed by atoms with Crippen molar-refractivity contribution in [1.82, 2.24) is 0 Å². The van der Waals surface area contributed by atoms with Gasteiger partial charge in [0.15, 0.2) is 0 Å². The van der Waals surface area contributed by atoms with Crippen LogP contribution < -0.4 is 10.6 Å². The van der Waals surface area contributed by atoms with E-state index in [1.54, 1.807) is 12.1 Å². The SMILES string of the molecule is CCC1(CC)CCN(c2cc(F)cc(CCN)c2)C1. The average Bonchev–Trinajstić information content (AvgIpc) is 2.84. The lowest BCUT2D eigenvalue weighted by molar-refractivity contribution is 0.301. The number of hydrogen-bond donors (Lipinski definition) is 1. The molecular formula is C16H25FN2. The van der Waals surface area contributed by atoms with Crippen molar-refractivity contribution in [3.63, 3.8) is 0 Å². The van der Waals surface area contributed by atoms with Crippen LogP contribution in [0.1, 0.15) is 38.7 Å². The second-order valence-corrected chi connectivity index (χ2v) is 5.74. The third kappa shape index (κ3) is 3.08. The van der Waals surface area contributed by atoms with E-state index >= 15 is 0 Å². The first-order chi connectivity index (χ1) is 9.12. The van der Waals surface area contributed by atoms with Crippen LogP contribution in [-0.2, 0) is 6.42 Å². The van der Waals surface area contributed by atoms with Gasteiger partial charge in [0.25, 0.3) is 0 Å². The van der Waals surface area contributed by atoms with Crippen LogP contribution in [0.3, 0.4) is 0 Å². The molecule has 1 aliphatic rings. The molecule has 0 atom stereocenters. The van der Waals surface area contributed by atoms with Crippen LogP contribution in [-0.4, -0.2) is 19.6 Å². The van der Waals surface area contributed by atoms with Gasteiger partial charge in [-0.05, 0) is 61.4 Å². The van der Waals surface area contributed by atoms with Crippen molar-refractivity contribution in [2.24, 2.45) is 11.1 Å². The number of nitrogens with two attached hydrogens (primary N) is 1. The summed E-state index contributed by atoms with van der Waals surface area (Å²) in [5.74, 6) is -0.147. The second-order valence-electron chi connectivity index (χ2n) is 5.74. The summed E-state index contributed by atoms with van der Waals surface area (Å²) in [5, 5.41) is 0. The Labute approximate surface area is 115 Å². The highest BCUT2D eigenvalue weighted by molar-refractivity contribution is 5.50. The summed E-state index contributed by atoms with van der Waals surface area (Å²) in [6, 6.07) is 5.35. The monoisotopic (exact) mass is 264 g/mol. The Balaban J connectivity index is 2.19. The molecule has 2 nitrogen and oxygen atoms in total. The maximum absolute atomic E-state index is 13.7. The van der Waals surface area contributed by atoms with Gasteiger partial charge in [-0.15, -0.1) is 0 Å². The molecule has 2 rings (SSSR count). The molecule has 0 spiro atoms. The lowest BCUT2D eigenvalue weighted by Gasteiger charge is -2.27. The van der Waals surface area contributed by atoms with Crippen molar-refractivity contribution < 1.29 is 4.39 Å². The molecule has 106 valence electrons. The predicted molar refractivity (Wildman–Crippen MR) is 79.0 cm³/mol. The number of hydrogen-bond acceptors (Lipinski definition) is 2. The molecule has 0 bridgehead atoms. The number of anilines is 1. The minimum atomic E-state index is -0.147. The highest BCUT2D eigenvalue weighted by Gasteiger charge is 2.35. The Morgan fingerprint density at radius 3 is 2.58 bits per heavy atom. The van der Waals surface area contributed by atoms with Gasteiger partial charge in [-0.1, -0.05) is 13.8 Å². The van der Waals surface area contributed by atoms with Gasteiger partial charge < -0.3 is 10.6 Å². The number of halogens is 1. The first-order valence-corrected chi connectivity index (χ1v) is 7.37. The van der Waals surface area contributed by atoms with Crippen molar-refractivity contribution in [2.45, 2.75) is 39.5 Å². The molecule has 1 aliphatic heterocycles. The van der Waals surface area contributed by atoms with Gasteiger partial charge in [-0.25, -0.2) is 4.39 Å². The van der Waals surface area contributed by atoms with E-state index in [4.69, 9.17) is 5.73 Å². The van der Waals surface area contributed by atoms with E-state index in [1.807, 2.05) is 0 Å². The molecule has 1 heterocycles. The molecule has 0 saturated carbocycles. The molecule has 1 aromatic rings. The topological polar surface area (TPSA) is 29.3 Å². The summed E-state index contributed by atoms with van der Waals surface area (Å²) in [4.78, 5) is 2.33. The standard InChI is InChI=1S/C16H25FN2/c1-3-16(4-2)6-8-19(12-16)15-10-13(5-7-18)9-14(17)11-15/h9-11H,3-8,12,18H2,1-2H3. The summed E-state index contributed by atoms with van der Waals surface area (Å²) >= 11 is 0. The minimum Gasteiger partial charge on any atom is -0.371 e. The molecule has 0 radical (unpaired) electrons. The maximum Gasteiger partial charge on any atom is 0.125 e. The molecule has 1 fully saturated rings. The van der Waals surface area contributed by atoms with Crippen LogP contribution in [0, 0.1) is 11.2 Å². The summed E-state index contributed by atoms with van der Waals surface area (Å²) in [5.41, 5.74) is 8.00. The maximum atomic E-state index is 13.7. The zero-order valence-electron chi connectivity index (χ0n) is 12.1.